The van der Waals surface area contributed by atoms with Crippen LogP contribution >= 0.6 is 0 Å². The predicted octanol–water partition coefficient (Wildman–Crippen LogP) is 3.66. The molecule has 3 aromatic rings. The number of halogens is 2. The minimum atomic E-state index is -0.607. The highest BCUT2D eigenvalue weighted by atomic mass is 19.1. The van der Waals surface area contributed by atoms with Crippen molar-refractivity contribution < 1.29 is 13.6 Å². The van der Waals surface area contributed by atoms with Crippen molar-refractivity contribution in [2.24, 2.45) is 0 Å². The highest BCUT2D eigenvalue weighted by molar-refractivity contribution is 6.03. The molecular weight excluding hydrogens is 338 g/mol. The maximum absolute atomic E-state index is 13.6. The van der Waals surface area contributed by atoms with E-state index in [4.69, 9.17) is 0 Å². The molecule has 1 amide bonds. The van der Waals surface area contributed by atoms with E-state index in [0.29, 0.717) is 24.3 Å². The Hall–Kier alpha value is -3.35. The highest BCUT2D eigenvalue weighted by Gasteiger charge is 2.11. The summed E-state index contributed by atoms with van der Waals surface area (Å²) in [5.41, 5.74) is 0.545. The van der Waals surface area contributed by atoms with Crippen molar-refractivity contribution in [1.29, 1.82) is 0 Å². The number of aromatic nitrogens is 2. The molecule has 1 aromatic heterocycles. The molecule has 2 aromatic carbocycles. The molecule has 0 aliphatic carbocycles. The quantitative estimate of drug-likeness (QED) is 0.709. The third-order valence-electron chi connectivity index (χ3n) is 3.68. The fraction of sp³-hybridized carbons (Fsp3) is 0.105. The monoisotopic (exact) mass is 354 g/mol. The van der Waals surface area contributed by atoms with Gasteiger partial charge in [-0.15, -0.1) is 10.2 Å². The van der Waals surface area contributed by atoms with Gasteiger partial charge in [-0.2, -0.15) is 0 Å². The summed E-state index contributed by atoms with van der Waals surface area (Å²) in [6.45, 7) is 0.483. The number of carbonyl (C=O) groups is 1. The van der Waals surface area contributed by atoms with E-state index in [1.165, 1.54) is 24.3 Å². The first-order valence-corrected chi connectivity index (χ1v) is 8.00. The average molecular weight is 354 g/mol. The molecular formula is C19H16F2N4O. The second-order valence-corrected chi connectivity index (χ2v) is 5.51. The summed E-state index contributed by atoms with van der Waals surface area (Å²) in [6, 6.07) is 15.4. The SMILES string of the molecule is O=C(Nc1ccc(NCCc2ccccc2F)nn1)c1ccccc1F. The van der Waals surface area contributed by atoms with Crippen molar-refractivity contribution in [3.8, 4) is 0 Å². The van der Waals surface area contributed by atoms with E-state index in [0.717, 1.165) is 0 Å². The molecule has 26 heavy (non-hydrogen) atoms. The van der Waals surface area contributed by atoms with Crippen LogP contribution in [0.1, 0.15) is 15.9 Å². The van der Waals surface area contributed by atoms with E-state index in [1.54, 1.807) is 36.4 Å². The van der Waals surface area contributed by atoms with Crippen LogP contribution in [0.3, 0.4) is 0 Å². The molecule has 0 unspecified atom stereocenters. The third-order valence-corrected chi connectivity index (χ3v) is 3.68. The lowest BCUT2D eigenvalue weighted by Gasteiger charge is -2.07. The zero-order valence-electron chi connectivity index (χ0n) is 13.7. The summed E-state index contributed by atoms with van der Waals surface area (Å²) in [4.78, 5) is 12.0. The average Bonchev–Trinajstić information content (AvgIpc) is 2.65. The molecule has 0 fully saturated rings. The Morgan fingerprint density at radius 3 is 2.19 bits per heavy atom. The summed E-state index contributed by atoms with van der Waals surface area (Å²) < 4.78 is 27.1. The number of hydrogen-bond acceptors (Lipinski definition) is 4. The number of benzene rings is 2. The first-order chi connectivity index (χ1) is 12.6. The lowest BCUT2D eigenvalue weighted by molar-refractivity contribution is 0.102. The Morgan fingerprint density at radius 1 is 0.846 bits per heavy atom. The van der Waals surface area contributed by atoms with Crippen LogP contribution in [-0.2, 0) is 6.42 Å². The number of carbonyl (C=O) groups excluding carboxylic acids is 1. The maximum atomic E-state index is 13.6. The Morgan fingerprint density at radius 2 is 1.50 bits per heavy atom. The van der Waals surface area contributed by atoms with E-state index in [1.807, 2.05) is 0 Å². The van der Waals surface area contributed by atoms with Gasteiger partial charge in [0, 0.05) is 6.54 Å². The molecule has 3 rings (SSSR count). The molecule has 2 N–H and O–H groups in total. The zero-order valence-corrected chi connectivity index (χ0v) is 13.7. The number of amides is 1. The molecule has 0 atom stereocenters. The van der Waals surface area contributed by atoms with E-state index in [-0.39, 0.29) is 17.2 Å². The summed E-state index contributed by atoms with van der Waals surface area (Å²) in [5, 5.41) is 13.3. The van der Waals surface area contributed by atoms with Gasteiger partial charge < -0.3 is 10.6 Å². The fourth-order valence-corrected chi connectivity index (χ4v) is 2.35. The Balaban J connectivity index is 1.54. The van der Waals surface area contributed by atoms with E-state index >= 15 is 0 Å². The van der Waals surface area contributed by atoms with Gasteiger partial charge in [0.15, 0.2) is 5.82 Å². The molecule has 0 aliphatic rings. The number of anilines is 2. The van der Waals surface area contributed by atoms with Crippen molar-refractivity contribution in [3.63, 3.8) is 0 Å². The van der Waals surface area contributed by atoms with Crippen LogP contribution in [0.5, 0.6) is 0 Å². The largest absolute Gasteiger partial charge is 0.368 e. The van der Waals surface area contributed by atoms with Gasteiger partial charge in [0.05, 0.1) is 5.56 Å². The summed E-state index contributed by atoms with van der Waals surface area (Å²) in [6.07, 6.45) is 0.500. The Bertz CT molecular complexity index is 900. The van der Waals surface area contributed by atoms with Crippen LogP contribution in [-0.4, -0.2) is 22.6 Å². The molecule has 5 nitrogen and oxygen atoms in total. The van der Waals surface area contributed by atoms with Gasteiger partial charge in [0.25, 0.3) is 5.91 Å². The second kappa shape index (κ2) is 8.15. The minimum Gasteiger partial charge on any atom is -0.368 e. The van der Waals surface area contributed by atoms with Gasteiger partial charge in [-0.05, 0) is 42.3 Å². The van der Waals surface area contributed by atoms with Gasteiger partial charge in [0.1, 0.15) is 17.5 Å². The molecule has 0 saturated carbocycles. The number of rotatable bonds is 6. The zero-order chi connectivity index (χ0) is 18.4. The van der Waals surface area contributed by atoms with Crippen molar-refractivity contribution in [3.05, 3.63) is 83.4 Å². The lowest BCUT2D eigenvalue weighted by Crippen LogP contribution is -2.15. The van der Waals surface area contributed by atoms with Crippen LogP contribution in [0, 0.1) is 11.6 Å². The molecule has 7 heteroatoms. The summed E-state index contributed by atoms with van der Waals surface area (Å²) in [5.74, 6) is -0.753. The van der Waals surface area contributed by atoms with Crippen molar-refractivity contribution >= 4 is 17.5 Å². The highest BCUT2D eigenvalue weighted by Crippen LogP contribution is 2.12. The molecule has 0 aliphatic heterocycles. The molecule has 0 radical (unpaired) electrons. The first-order valence-electron chi connectivity index (χ1n) is 8.00. The third kappa shape index (κ3) is 4.38. The second-order valence-electron chi connectivity index (χ2n) is 5.51. The standard InChI is InChI=1S/C19H16F2N4O/c20-15-7-3-1-5-13(15)11-12-22-17-9-10-18(25-24-17)23-19(26)14-6-2-4-8-16(14)21/h1-10H,11-12H2,(H,22,24)(H,23,25,26). The van der Waals surface area contributed by atoms with Gasteiger partial charge in [-0.25, -0.2) is 8.78 Å². The van der Waals surface area contributed by atoms with Crippen LogP contribution in [0.15, 0.2) is 60.7 Å². The number of nitrogens with one attached hydrogen (secondary N) is 2. The lowest BCUT2D eigenvalue weighted by atomic mass is 10.1. The molecule has 0 saturated heterocycles. The van der Waals surface area contributed by atoms with Crippen molar-refractivity contribution in [1.82, 2.24) is 10.2 Å². The van der Waals surface area contributed by atoms with Crippen molar-refractivity contribution in [2.45, 2.75) is 6.42 Å². The van der Waals surface area contributed by atoms with Gasteiger partial charge in [-0.1, -0.05) is 30.3 Å². The van der Waals surface area contributed by atoms with E-state index < -0.39 is 11.7 Å². The first kappa shape index (κ1) is 17.5. The molecule has 132 valence electrons. The van der Waals surface area contributed by atoms with Crippen molar-refractivity contribution in [2.75, 3.05) is 17.2 Å². The predicted molar refractivity (Wildman–Crippen MR) is 95.0 cm³/mol. The number of nitrogens with zero attached hydrogens (tertiary/aromatic N) is 2. The topological polar surface area (TPSA) is 66.9 Å². The Labute approximate surface area is 149 Å². The summed E-state index contributed by atoms with van der Waals surface area (Å²) in [7, 11) is 0. The maximum Gasteiger partial charge on any atom is 0.259 e. The smallest absolute Gasteiger partial charge is 0.259 e. The van der Waals surface area contributed by atoms with Crippen LogP contribution in [0.2, 0.25) is 0 Å². The van der Waals surface area contributed by atoms with Gasteiger partial charge in [0.2, 0.25) is 0 Å². The molecule has 1 heterocycles. The Kier molecular flexibility index (Phi) is 5.48. The van der Waals surface area contributed by atoms with Crippen LogP contribution < -0.4 is 10.6 Å². The van der Waals surface area contributed by atoms with Crippen LogP contribution in [0.25, 0.3) is 0 Å². The van der Waals surface area contributed by atoms with Crippen LogP contribution in [0.4, 0.5) is 20.4 Å². The normalized spacial score (nSPS) is 10.4. The summed E-state index contributed by atoms with van der Waals surface area (Å²) >= 11 is 0. The van der Waals surface area contributed by atoms with Gasteiger partial charge in [-0.3, -0.25) is 4.79 Å². The van der Waals surface area contributed by atoms with E-state index in [9.17, 15) is 13.6 Å². The minimum absolute atomic E-state index is 0.0682. The fourth-order valence-electron chi connectivity index (χ4n) is 2.35. The van der Waals surface area contributed by atoms with E-state index in [2.05, 4.69) is 20.8 Å². The van der Waals surface area contributed by atoms with Gasteiger partial charge >= 0.3 is 0 Å². The molecule has 0 spiro atoms. The number of hydrogen-bond donors (Lipinski definition) is 2. The molecule has 0 bridgehead atoms.